The van der Waals surface area contributed by atoms with Crippen LogP contribution in [0.3, 0.4) is 0 Å². The standard InChI is InChI=1S/C4H11NO11S3/c6-15-16-17-5(1-3-13-18(7,8)9)2-4-14-19(10,11)12/h6H,1-4H2,(H,7,8,9)(H,10,11,12). The molecule has 0 radical (unpaired) electrons. The van der Waals surface area contributed by atoms with Crippen LogP contribution in [0.25, 0.3) is 0 Å². The molecular formula is C4H11NO11S3. The lowest BCUT2D eigenvalue weighted by atomic mass is 10.6. The van der Waals surface area contributed by atoms with Gasteiger partial charge in [0.1, 0.15) is 12.2 Å². The maximum absolute atomic E-state index is 10.2. The Labute approximate surface area is 113 Å². The molecule has 0 aliphatic carbocycles. The Bertz CT molecular complexity index is 393. The summed E-state index contributed by atoms with van der Waals surface area (Å²) in [4.78, 5) is 0. The van der Waals surface area contributed by atoms with Crippen molar-refractivity contribution in [1.29, 1.82) is 0 Å². The van der Waals surface area contributed by atoms with Gasteiger partial charge in [0.25, 0.3) is 0 Å². The fourth-order valence-electron chi connectivity index (χ4n) is 0.732. The first-order valence-electron chi connectivity index (χ1n) is 4.27. The molecule has 19 heavy (non-hydrogen) atoms. The van der Waals surface area contributed by atoms with Crippen molar-refractivity contribution < 1.29 is 48.9 Å². The molecule has 12 nitrogen and oxygen atoms in total. The van der Waals surface area contributed by atoms with Gasteiger partial charge in [-0.25, -0.2) is 17.9 Å². The van der Waals surface area contributed by atoms with Crippen LogP contribution >= 0.6 is 12.2 Å². The molecule has 0 saturated heterocycles. The van der Waals surface area contributed by atoms with Crippen LogP contribution < -0.4 is 0 Å². The zero-order valence-corrected chi connectivity index (χ0v) is 11.6. The van der Waals surface area contributed by atoms with E-state index >= 15 is 0 Å². The molecular weight excluding hydrogens is 334 g/mol. The van der Waals surface area contributed by atoms with Crippen LogP contribution in [0.5, 0.6) is 0 Å². The van der Waals surface area contributed by atoms with E-state index in [-0.39, 0.29) is 13.1 Å². The van der Waals surface area contributed by atoms with Crippen molar-refractivity contribution in [2.45, 2.75) is 0 Å². The van der Waals surface area contributed by atoms with Crippen molar-refractivity contribution in [3.8, 4) is 0 Å². The minimum absolute atomic E-state index is 0.178. The van der Waals surface area contributed by atoms with Crippen LogP contribution in [-0.4, -0.2) is 61.8 Å². The molecule has 0 aromatic rings. The van der Waals surface area contributed by atoms with E-state index < -0.39 is 34.0 Å². The zero-order valence-electron chi connectivity index (χ0n) is 9.11. The van der Waals surface area contributed by atoms with Crippen LogP contribution in [0.4, 0.5) is 0 Å². The molecule has 0 saturated carbocycles. The van der Waals surface area contributed by atoms with Gasteiger partial charge in [-0.05, 0) is 0 Å². The van der Waals surface area contributed by atoms with Crippen LogP contribution in [0.1, 0.15) is 0 Å². The van der Waals surface area contributed by atoms with Crippen molar-refractivity contribution in [3.63, 3.8) is 0 Å². The number of rotatable bonds is 11. The van der Waals surface area contributed by atoms with Gasteiger partial charge in [0.15, 0.2) is 0 Å². The highest BCUT2D eigenvalue weighted by molar-refractivity contribution is 7.92. The minimum Gasteiger partial charge on any atom is -0.264 e. The Balaban J connectivity index is 4.08. The Morgan fingerprint density at radius 1 is 0.947 bits per heavy atom. The highest BCUT2D eigenvalue weighted by Crippen LogP contribution is 2.11. The van der Waals surface area contributed by atoms with E-state index in [4.69, 9.17) is 14.4 Å². The van der Waals surface area contributed by atoms with Gasteiger partial charge < -0.3 is 0 Å². The lowest BCUT2D eigenvalue weighted by Gasteiger charge is -2.17. The largest absolute Gasteiger partial charge is 0.397 e. The SMILES string of the molecule is O=S(=O)(O)OCCN(CCOS(=O)(=O)O)SOOO. The summed E-state index contributed by atoms with van der Waals surface area (Å²) in [6, 6.07) is 0. The van der Waals surface area contributed by atoms with Gasteiger partial charge in [-0.3, -0.25) is 9.11 Å². The van der Waals surface area contributed by atoms with Gasteiger partial charge in [0.05, 0.1) is 13.2 Å². The number of hydrogen-bond acceptors (Lipinski definition) is 11. The quantitative estimate of drug-likeness (QED) is 0.136. The topological polar surface area (TPSA) is 169 Å². The smallest absolute Gasteiger partial charge is 0.264 e. The molecule has 0 amide bonds. The lowest BCUT2D eigenvalue weighted by Crippen LogP contribution is -2.27. The van der Waals surface area contributed by atoms with Crippen molar-refractivity contribution in [3.05, 3.63) is 0 Å². The van der Waals surface area contributed by atoms with E-state index in [9.17, 15) is 16.8 Å². The summed E-state index contributed by atoms with van der Waals surface area (Å²) < 4.78 is 70.7. The van der Waals surface area contributed by atoms with E-state index in [0.717, 1.165) is 4.31 Å². The van der Waals surface area contributed by atoms with Gasteiger partial charge in [0, 0.05) is 13.1 Å². The van der Waals surface area contributed by atoms with Crippen molar-refractivity contribution in [2.24, 2.45) is 0 Å². The molecule has 0 spiro atoms. The summed E-state index contributed by atoms with van der Waals surface area (Å²) in [7, 11) is -9.22. The second-order valence-corrected chi connectivity index (χ2v) is 5.63. The summed E-state index contributed by atoms with van der Waals surface area (Å²) in [6.45, 7) is -1.34. The molecule has 0 atom stereocenters. The highest BCUT2D eigenvalue weighted by atomic mass is 32.3. The maximum Gasteiger partial charge on any atom is 0.397 e. The predicted molar refractivity (Wildman–Crippen MR) is 59.0 cm³/mol. The third-order valence-corrected chi connectivity index (χ3v) is 2.94. The Morgan fingerprint density at radius 3 is 1.68 bits per heavy atom. The molecule has 0 aliphatic heterocycles. The van der Waals surface area contributed by atoms with Crippen LogP contribution in [0.15, 0.2) is 0 Å². The first-order valence-corrected chi connectivity index (χ1v) is 7.70. The van der Waals surface area contributed by atoms with Gasteiger partial charge in [-0.1, -0.05) is 5.04 Å². The maximum atomic E-state index is 10.2. The lowest BCUT2D eigenvalue weighted by molar-refractivity contribution is -0.433. The third-order valence-electron chi connectivity index (χ3n) is 1.31. The monoisotopic (exact) mass is 345 g/mol. The van der Waals surface area contributed by atoms with E-state index in [1.54, 1.807) is 0 Å². The molecule has 0 aliphatic rings. The van der Waals surface area contributed by atoms with E-state index in [2.05, 4.69) is 17.7 Å². The molecule has 0 fully saturated rings. The summed E-state index contributed by atoms with van der Waals surface area (Å²) in [6.07, 6.45) is 0. The van der Waals surface area contributed by atoms with Crippen molar-refractivity contribution in [1.82, 2.24) is 4.31 Å². The van der Waals surface area contributed by atoms with E-state index in [0.29, 0.717) is 12.2 Å². The highest BCUT2D eigenvalue weighted by Gasteiger charge is 2.13. The van der Waals surface area contributed by atoms with Gasteiger partial charge in [0.2, 0.25) is 0 Å². The van der Waals surface area contributed by atoms with Gasteiger partial charge >= 0.3 is 20.8 Å². The molecule has 0 aromatic heterocycles. The average molecular weight is 345 g/mol. The van der Waals surface area contributed by atoms with E-state index in [1.165, 1.54) is 0 Å². The Hall–Kier alpha value is -0.0700. The van der Waals surface area contributed by atoms with Gasteiger partial charge in [-0.2, -0.15) is 16.8 Å². The Kier molecular flexibility index (Phi) is 8.94. The summed E-state index contributed by atoms with van der Waals surface area (Å²) in [5, 5.41) is 11.2. The second kappa shape index (κ2) is 8.97. The minimum atomic E-state index is -4.61. The summed E-state index contributed by atoms with van der Waals surface area (Å²) in [5.41, 5.74) is 0. The summed E-state index contributed by atoms with van der Waals surface area (Å²) >= 11 is 0.371. The average Bonchev–Trinajstić information content (AvgIpc) is 2.21. The van der Waals surface area contributed by atoms with Crippen molar-refractivity contribution in [2.75, 3.05) is 26.3 Å². The fraction of sp³-hybridized carbons (Fsp3) is 1.00. The van der Waals surface area contributed by atoms with Crippen LogP contribution in [-0.2, 0) is 38.5 Å². The second-order valence-electron chi connectivity index (χ2n) is 2.65. The van der Waals surface area contributed by atoms with Crippen LogP contribution in [0, 0.1) is 0 Å². The molecule has 15 heteroatoms. The first kappa shape index (κ1) is 18.9. The Morgan fingerprint density at radius 2 is 1.37 bits per heavy atom. The number of hydrogen-bond donors (Lipinski definition) is 3. The molecule has 0 heterocycles. The summed E-state index contributed by atoms with van der Waals surface area (Å²) in [5.74, 6) is 0. The van der Waals surface area contributed by atoms with Gasteiger partial charge in [-0.15, -0.1) is 4.33 Å². The fourth-order valence-corrected chi connectivity index (χ4v) is 1.71. The molecule has 116 valence electrons. The molecule has 0 rings (SSSR count). The molecule has 0 aromatic carbocycles. The number of nitrogens with zero attached hydrogens (tertiary/aromatic N) is 1. The molecule has 0 bridgehead atoms. The van der Waals surface area contributed by atoms with Crippen LogP contribution in [0.2, 0.25) is 0 Å². The predicted octanol–water partition coefficient (Wildman–Crippen LogP) is -1.09. The molecule has 3 N–H and O–H groups in total. The zero-order chi connectivity index (χ0) is 14.9. The first-order chi connectivity index (χ1) is 8.64. The van der Waals surface area contributed by atoms with E-state index in [1.807, 2.05) is 0 Å². The normalized spacial score (nSPS) is 13.1. The third kappa shape index (κ3) is 14.2. The molecule has 0 unspecified atom stereocenters. The van der Waals surface area contributed by atoms with Crippen molar-refractivity contribution >= 4 is 33.0 Å².